The molecule has 3 rings (SSSR count). The van der Waals surface area contributed by atoms with Crippen LogP contribution in [0.1, 0.15) is 16.8 Å². The Morgan fingerprint density at radius 1 is 1.24 bits per heavy atom. The van der Waals surface area contributed by atoms with E-state index in [0.29, 0.717) is 11.4 Å². The largest absolute Gasteiger partial charge is 0.418 e. The van der Waals surface area contributed by atoms with Crippen molar-refractivity contribution >= 4 is 17.4 Å². The van der Waals surface area contributed by atoms with E-state index in [1.165, 1.54) is 30.7 Å². The summed E-state index contributed by atoms with van der Waals surface area (Å²) in [5.41, 5.74) is 2.37. The average Bonchev–Trinajstić information content (AvgIpc) is 2.61. The third-order valence-corrected chi connectivity index (χ3v) is 3.44. The Balaban J connectivity index is 1.87. The number of carbonyl (C=O) groups excluding carboxylic acids is 1. The van der Waals surface area contributed by atoms with Gasteiger partial charge in [-0.1, -0.05) is 6.07 Å². The summed E-state index contributed by atoms with van der Waals surface area (Å²) in [5, 5.41) is 8.96. The van der Waals surface area contributed by atoms with Crippen LogP contribution in [0.15, 0.2) is 41.9 Å². The van der Waals surface area contributed by atoms with Crippen molar-refractivity contribution in [2.45, 2.75) is 12.7 Å². The van der Waals surface area contributed by atoms with Gasteiger partial charge in [0, 0.05) is 23.6 Å². The molecule has 0 saturated carbocycles. The molecule has 3 N–H and O–H groups in total. The molecule has 2 amide bonds. The van der Waals surface area contributed by atoms with Crippen LogP contribution in [0.4, 0.5) is 23.7 Å². The number of carbonyl (C=O) groups is 1. The van der Waals surface area contributed by atoms with Crippen LogP contribution in [0.3, 0.4) is 0 Å². The number of hydrogen-bond donors (Lipinski definition) is 3. The first-order valence-electron chi connectivity index (χ1n) is 7.24. The van der Waals surface area contributed by atoms with Crippen LogP contribution in [-0.4, -0.2) is 28.3 Å². The fraction of sp³-hybridized carbons (Fsp3) is 0.200. The Labute approximate surface area is 140 Å². The summed E-state index contributed by atoms with van der Waals surface area (Å²) in [6.07, 6.45) is -0.128. The Hall–Kier alpha value is -3.17. The zero-order valence-corrected chi connectivity index (χ0v) is 12.8. The van der Waals surface area contributed by atoms with Gasteiger partial charge >= 0.3 is 12.2 Å². The number of anilines is 1. The lowest BCUT2D eigenvalue weighted by atomic mass is 10.0. The van der Waals surface area contributed by atoms with Gasteiger partial charge < -0.3 is 10.6 Å². The highest BCUT2D eigenvalue weighted by Gasteiger charge is 2.34. The number of nitrogens with zero attached hydrogens (tertiary/aromatic N) is 3. The predicted octanol–water partition coefficient (Wildman–Crippen LogP) is 2.12. The topological polar surface area (TPSA) is 91.3 Å². The molecule has 0 spiro atoms. The van der Waals surface area contributed by atoms with E-state index >= 15 is 0 Å². The molecule has 7 nitrogen and oxygen atoms in total. The van der Waals surface area contributed by atoms with Gasteiger partial charge in [0.1, 0.15) is 0 Å². The Morgan fingerprint density at radius 3 is 2.72 bits per heavy atom. The fourth-order valence-electron chi connectivity index (χ4n) is 2.25. The first-order valence-corrected chi connectivity index (χ1v) is 7.24. The number of nitrogens with one attached hydrogen (secondary N) is 3. The monoisotopic (exact) mass is 350 g/mol. The van der Waals surface area contributed by atoms with Crippen molar-refractivity contribution in [3.05, 3.63) is 53.6 Å². The molecule has 0 radical (unpaired) electrons. The van der Waals surface area contributed by atoms with Crippen molar-refractivity contribution in [1.82, 2.24) is 20.7 Å². The molecule has 2 aromatic rings. The lowest BCUT2D eigenvalue weighted by Gasteiger charge is -2.18. The highest BCUT2D eigenvalue weighted by molar-refractivity contribution is 6.05. The van der Waals surface area contributed by atoms with E-state index in [-0.39, 0.29) is 24.3 Å². The van der Waals surface area contributed by atoms with Crippen molar-refractivity contribution in [3.8, 4) is 0 Å². The quantitative estimate of drug-likeness (QED) is 0.788. The minimum atomic E-state index is -4.55. The highest BCUT2D eigenvalue weighted by atomic mass is 19.4. The van der Waals surface area contributed by atoms with Crippen LogP contribution in [0.5, 0.6) is 0 Å². The summed E-state index contributed by atoms with van der Waals surface area (Å²) in [6.45, 7) is 0.157. The molecule has 0 aliphatic carbocycles. The summed E-state index contributed by atoms with van der Waals surface area (Å²) in [7, 11) is 0. The molecule has 0 bridgehead atoms. The number of rotatable bonds is 4. The second-order valence-corrected chi connectivity index (χ2v) is 5.16. The van der Waals surface area contributed by atoms with Crippen molar-refractivity contribution in [3.63, 3.8) is 0 Å². The second kappa shape index (κ2) is 6.75. The van der Waals surface area contributed by atoms with Crippen molar-refractivity contribution in [1.29, 1.82) is 0 Å². The molecular weight excluding hydrogens is 337 g/mol. The van der Waals surface area contributed by atoms with Gasteiger partial charge in [-0.05, 0) is 12.1 Å². The van der Waals surface area contributed by atoms with E-state index in [0.717, 1.165) is 6.07 Å². The van der Waals surface area contributed by atoms with Gasteiger partial charge in [0.2, 0.25) is 0 Å². The van der Waals surface area contributed by atoms with Gasteiger partial charge in [0.15, 0.2) is 0 Å². The molecule has 1 aliphatic heterocycles. The van der Waals surface area contributed by atoms with E-state index in [1.54, 1.807) is 0 Å². The van der Waals surface area contributed by atoms with Gasteiger partial charge in [0.05, 0.1) is 36.3 Å². The molecule has 25 heavy (non-hydrogen) atoms. The maximum absolute atomic E-state index is 13.4. The van der Waals surface area contributed by atoms with Gasteiger partial charge in [-0.2, -0.15) is 18.3 Å². The third kappa shape index (κ3) is 4.03. The second-order valence-electron chi connectivity index (χ2n) is 5.16. The normalized spacial score (nSPS) is 14.4. The van der Waals surface area contributed by atoms with Crippen molar-refractivity contribution < 1.29 is 18.0 Å². The lowest BCUT2D eigenvalue weighted by molar-refractivity contribution is -0.137. The maximum Gasteiger partial charge on any atom is 0.418 e. The van der Waals surface area contributed by atoms with Crippen LogP contribution < -0.4 is 16.1 Å². The van der Waals surface area contributed by atoms with Crippen LogP contribution in [-0.2, 0) is 12.7 Å². The maximum atomic E-state index is 13.4. The number of amides is 2. The number of hydrazone groups is 1. The van der Waals surface area contributed by atoms with Crippen LogP contribution in [0, 0.1) is 0 Å². The molecule has 2 heterocycles. The van der Waals surface area contributed by atoms with Crippen molar-refractivity contribution in [2.75, 3.05) is 11.9 Å². The van der Waals surface area contributed by atoms with Crippen molar-refractivity contribution in [2.24, 2.45) is 5.10 Å². The number of urea groups is 1. The van der Waals surface area contributed by atoms with Gasteiger partial charge in [-0.25, -0.2) is 10.2 Å². The molecule has 1 aliphatic rings. The van der Waals surface area contributed by atoms with Gasteiger partial charge in [-0.3, -0.25) is 9.97 Å². The minimum Gasteiger partial charge on any atom is -0.379 e. The highest BCUT2D eigenvalue weighted by Crippen LogP contribution is 2.35. The number of alkyl halides is 3. The molecule has 0 fully saturated rings. The first kappa shape index (κ1) is 16.7. The summed E-state index contributed by atoms with van der Waals surface area (Å²) in [5.74, 6) is 0. The van der Waals surface area contributed by atoms with Crippen LogP contribution in [0.25, 0.3) is 0 Å². The lowest BCUT2D eigenvalue weighted by Crippen LogP contribution is -2.42. The number of benzene rings is 1. The summed E-state index contributed by atoms with van der Waals surface area (Å²) in [4.78, 5) is 18.9. The summed E-state index contributed by atoms with van der Waals surface area (Å²) < 4.78 is 40.2. The molecule has 1 aromatic carbocycles. The fourth-order valence-corrected chi connectivity index (χ4v) is 2.25. The minimum absolute atomic E-state index is 0.0511. The standard InChI is InChI=1S/C15H13F3N6O/c16-15(17,18)11-5-9(13-8-22-14(25)24-23-13)1-2-12(11)21-7-10-6-19-3-4-20-10/h1-6,21H,7-8H2,(H2,22,24,25). The molecular formula is C15H13F3N6O. The number of hydrogen-bond acceptors (Lipinski definition) is 5. The zero-order chi connectivity index (χ0) is 17.9. The molecule has 10 heteroatoms. The molecule has 0 atom stereocenters. The Bertz CT molecular complexity index is 807. The molecule has 0 saturated heterocycles. The summed E-state index contributed by atoms with van der Waals surface area (Å²) in [6, 6.07) is 3.33. The smallest absolute Gasteiger partial charge is 0.379 e. The van der Waals surface area contributed by atoms with Gasteiger partial charge in [0.25, 0.3) is 0 Å². The summed E-state index contributed by atoms with van der Waals surface area (Å²) >= 11 is 0. The third-order valence-electron chi connectivity index (χ3n) is 3.44. The first-order chi connectivity index (χ1) is 11.9. The van der Waals surface area contributed by atoms with Gasteiger partial charge in [-0.15, -0.1) is 0 Å². The Kier molecular flexibility index (Phi) is 4.50. The number of aromatic nitrogens is 2. The molecule has 0 unspecified atom stereocenters. The van der Waals surface area contributed by atoms with E-state index in [9.17, 15) is 18.0 Å². The SMILES string of the molecule is O=C1NCC(c2ccc(NCc3cnccn3)c(C(F)(F)F)c2)=NN1. The average molecular weight is 350 g/mol. The predicted molar refractivity (Wildman–Crippen MR) is 83.9 cm³/mol. The van der Waals surface area contributed by atoms with E-state index < -0.39 is 17.8 Å². The Morgan fingerprint density at radius 2 is 2.08 bits per heavy atom. The molecule has 130 valence electrons. The van der Waals surface area contributed by atoms with E-state index in [4.69, 9.17) is 0 Å². The van der Waals surface area contributed by atoms with Crippen LogP contribution >= 0.6 is 0 Å². The van der Waals surface area contributed by atoms with Crippen LogP contribution in [0.2, 0.25) is 0 Å². The van der Waals surface area contributed by atoms with E-state index in [2.05, 4.69) is 31.1 Å². The number of halogens is 3. The van der Waals surface area contributed by atoms with E-state index in [1.807, 2.05) is 0 Å². The zero-order valence-electron chi connectivity index (χ0n) is 12.8. The molecule has 1 aromatic heterocycles.